The molecule has 1 aromatic rings. The van der Waals surface area contributed by atoms with Crippen LogP contribution in [0.3, 0.4) is 0 Å². The summed E-state index contributed by atoms with van der Waals surface area (Å²) in [4.78, 5) is 37.6. The molecule has 1 aliphatic rings. The number of nitrogens with one attached hydrogen (secondary N) is 2. The summed E-state index contributed by atoms with van der Waals surface area (Å²) in [6, 6.07) is 6.84. The zero-order valence-corrected chi connectivity index (χ0v) is 15.9. The van der Waals surface area contributed by atoms with Crippen LogP contribution in [0, 0.1) is 5.92 Å². The molecule has 0 saturated carbocycles. The Morgan fingerprint density at radius 1 is 1.15 bits per heavy atom. The van der Waals surface area contributed by atoms with E-state index in [1.165, 1.54) is 0 Å². The molecule has 0 aliphatic carbocycles. The Balaban J connectivity index is 0.00000338. The van der Waals surface area contributed by atoms with E-state index in [1.807, 2.05) is 0 Å². The summed E-state index contributed by atoms with van der Waals surface area (Å²) in [5.41, 5.74) is 1.22. The fourth-order valence-corrected chi connectivity index (χ4v) is 2.82. The smallest absolute Gasteiger partial charge is 0.309 e. The van der Waals surface area contributed by atoms with Crippen molar-refractivity contribution in [2.45, 2.75) is 19.8 Å². The summed E-state index contributed by atoms with van der Waals surface area (Å²) in [5.74, 6) is -0.483. The predicted molar refractivity (Wildman–Crippen MR) is 102 cm³/mol. The lowest BCUT2D eigenvalue weighted by Crippen LogP contribution is -2.40. The highest BCUT2D eigenvalue weighted by Gasteiger charge is 2.28. The number of hydrogen-bond acceptors (Lipinski definition) is 5. The molecule has 1 aromatic carbocycles. The zero-order valence-electron chi connectivity index (χ0n) is 15.1. The Morgan fingerprint density at radius 3 is 2.31 bits per heavy atom. The van der Waals surface area contributed by atoms with Gasteiger partial charge >= 0.3 is 5.97 Å². The van der Waals surface area contributed by atoms with E-state index in [0.29, 0.717) is 43.8 Å². The van der Waals surface area contributed by atoms with E-state index in [1.54, 1.807) is 43.1 Å². The molecule has 2 N–H and O–H groups in total. The minimum Gasteiger partial charge on any atom is -0.466 e. The molecule has 26 heavy (non-hydrogen) atoms. The Kier molecular flexibility index (Phi) is 9.09. The zero-order chi connectivity index (χ0) is 18.2. The maximum atomic E-state index is 12.6. The van der Waals surface area contributed by atoms with Gasteiger partial charge in [0.2, 0.25) is 5.91 Å². The van der Waals surface area contributed by atoms with Crippen LogP contribution in [0.1, 0.15) is 30.1 Å². The molecular weight excluding hydrogens is 358 g/mol. The second-order valence-electron chi connectivity index (χ2n) is 5.97. The molecule has 0 radical (unpaired) electrons. The Bertz CT molecular complexity index is 613. The first-order valence-corrected chi connectivity index (χ1v) is 8.55. The van der Waals surface area contributed by atoms with Crippen molar-refractivity contribution in [2.75, 3.05) is 38.6 Å². The van der Waals surface area contributed by atoms with Crippen molar-refractivity contribution < 1.29 is 19.1 Å². The maximum Gasteiger partial charge on any atom is 0.309 e. The summed E-state index contributed by atoms with van der Waals surface area (Å²) in [5, 5.41) is 5.51. The first-order valence-electron chi connectivity index (χ1n) is 8.55. The third-order valence-electron chi connectivity index (χ3n) is 4.16. The van der Waals surface area contributed by atoms with Crippen LogP contribution in [0.25, 0.3) is 0 Å². The molecular formula is C18H26ClN3O4. The van der Waals surface area contributed by atoms with Crippen LogP contribution in [-0.2, 0) is 14.3 Å². The average molecular weight is 384 g/mol. The van der Waals surface area contributed by atoms with Gasteiger partial charge in [0.05, 0.1) is 19.1 Å². The van der Waals surface area contributed by atoms with Crippen LogP contribution in [0.5, 0.6) is 0 Å². The van der Waals surface area contributed by atoms with E-state index < -0.39 is 0 Å². The number of likely N-dealkylation sites (tertiary alicyclic amines) is 1. The normalized spacial score (nSPS) is 14.3. The highest BCUT2D eigenvalue weighted by Crippen LogP contribution is 2.21. The fourth-order valence-electron chi connectivity index (χ4n) is 2.82. The van der Waals surface area contributed by atoms with Gasteiger partial charge in [0.25, 0.3) is 5.91 Å². The van der Waals surface area contributed by atoms with Gasteiger partial charge in [-0.3, -0.25) is 14.4 Å². The molecule has 2 amide bonds. The Hall–Kier alpha value is -2.12. The number of carbonyl (C=O) groups excluding carboxylic acids is 3. The molecule has 7 nitrogen and oxygen atoms in total. The van der Waals surface area contributed by atoms with Crippen molar-refractivity contribution in [3.8, 4) is 0 Å². The molecule has 0 aromatic heterocycles. The molecule has 0 spiro atoms. The van der Waals surface area contributed by atoms with Crippen molar-refractivity contribution in [1.29, 1.82) is 0 Å². The fraction of sp³-hybridized carbons (Fsp3) is 0.500. The highest BCUT2D eigenvalue weighted by molar-refractivity contribution is 5.96. The Morgan fingerprint density at radius 2 is 1.77 bits per heavy atom. The van der Waals surface area contributed by atoms with Gasteiger partial charge in [-0.05, 0) is 51.1 Å². The first kappa shape index (κ1) is 21.9. The molecule has 1 fully saturated rings. The topological polar surface area (TPSA) is 87.7 Å². The van der Waals surface area contributed by atoms with E-state index >= 15 is 0 Å². The van der Waals surface area contributed by atoms with Crippen molar-refractivity contribution >= 4 is 35.9 Å². The number of hydrogen-bond donors (Lipinski definition) is 2. The number of halogens is 1. The summed E-state index contributed by atoms with van der Waals surface area (Å²) in [6.07, 6.45) is 1.26. The number of anilines is 1. The van der Waals surface area contributed by atoms with Crippen LogP contribution in [0.2, 0.25) is 0 Å². The third kappa shape index (κ3) is 6.00. The van der Waals surface area contributed by atoms with Crippen LogP contribution in [0.15, 0.2) is 24.3 Å². The lowest BCUT2D eigenvalue weighted by molar-refractivity contribution is -0.149. The van der Waals surface area contributed by atoms with Gasteiger partial charge < -0.3 is 20.3 Å². The predicted octanol–water partition coefficient (Wildman–Crippen LogP) is 1.68. The molecule has 2 rings (SSSR count). The third-order valence-corrected chi connectivity index (χ3v) is 4.16. The molecule has 8 heteroatoms. The summed E-state index contributed by atoms with van der Waals surface area (Å²) in [6.45, 7) is 3.50. The summed E-state index contributed by atoms with van der Waals surface area (Å²) < 4.78 is 5.04. The van der Waals surface area contributed by atoms with E-state index in [0.717, 1.165) is 0 Å². The van der Waals surface area contributed by atoms with Crippen molar-refractivity contribution in [3.05, 3.63) is 29.8 Å². The lowest BCUT2D eigenvalue weighted by atomic mass is 9.96. The van der Waals surface area contributed by atoms with E-state index in [9.17, 15) is 14.4 Å². The second-order valence-corrected chi connectivity index (χ2v) is 5.97. The van der Waals surface area contributed by atoms with Crippen LogP contribution in [-0.4, -0.2) is 56.0 Å². The van der Waals surface area contributed by atoms with Gasteiger partial charge in [0.1, 0.15) is 0 Å². The number of likely N-dealkylation sites (N-methyl/N-ethyl adjacent to an activating group) is 1. The summed E-state index contributed by atoms with van der Waals surface area (Å²) in [7, 11) is 1.70. The lowest BCUT2D eigenvalue weighted by Gasteiger charge is -2.31. The molecule has 1 aliphatic heterocycles. The number of benzene rings is 1. The van der Waals surface area contributed by atoms with Gasteiger partial charge in [0, 0.05) is 24.3 Å². The number of piperidine rings is 1. The number of carbonyl (C=O) groups is 3. The maximum absolute atomic E-state index is 12.6. The molecule has 0 unspecified atom stereocenters. The second kappa shape index (κ2) is 10.8. The molecule has 0 bridgehead atoms. The molecule has 0 atom stereocenters. The quantitative estimate of drug-likeness (QED) is 0.730. The number of amides is 2. The van der Waals surface area contributed by atoms with Gasteiger partial charge in [-0.15, -0.1) is 12.4 Å². The van der Waals surface area contributed by atoms with Crippen LogP contribution >= 0.6 is 12.4 Å². The highest BCUT2D eigenvalue weighted by atomic mass is 35.5. The van der Waals surface area contributed by atoms with Crippen molar-refractivity contribution in [1.82, 2.24) is 10.2 Å². The largest absolute Gasteiger partial charge is 0.466 e. The van der Waals surface area contributed by atoms with Gasteiger partial charge in [0.15, 0.2) is 0 Å². The van der Waals surface area contributed by atoms with Gasteiger partial charge in [-0.2, -0.15) is 0 Å². The van der Waals surface area contributed by atoms with E-state index in [-0.39, 0.29) is 42.7 Å². The van der Waals surface area contributed by atoms with Gasteiger partial charge in [-0.25, -0.2) is 0 Å². The van der Waals surface area contributed by atoms with E-state index in [4.69, 9.17) is 4.74 Å². The SMILES string of the molecule is CCOC(=O)C1CCN(C(=O)c2ccc(NC(=O)CNC)cc2)CC1.Cl. The van der Waals surface area contributed by atoms with Crippen molar-refractivity contribution in [3.63, 3.8) is 0 Å². The number of ether oxygens (including phenoxy) is 1. The molecule has 144 valence electrons. The number of nitrogens with zero attached hydrogens (tertiary/aromatic N) is 1. The average Bonchev–Trinajstić information content (AvgIpc) is 2.62. The molecule has 1 heterocycles. The first-order chi connectivity index (χ1) is 12.0. The minimum absolute atomic E-state index is 0. The monoisotopic (exact) mass is 383 g/mol. The van der Waals surface area contributed by atoms with Gasteiger partial charge in [-0.1, -0.05) is 0 Å². The summed E-state index contributed by atoms with van der Waals surface area (Å²) >= 11 is 0. The Labute approximate surface area is 159 Å². The molecule has 1 saturated heterocycles. The van der Waals surface area contributed by atoms with E-state index in [2.05, 4.69) is 10.6 Å². The number of esters is 1. The van der Waals surface area contributed by atoms with Crippen LogP contribution in [0.4, 0.5) is 5.69 Å². The minimum atomic E-state index is -0.170. The van der Waals surface area contributed by atoms with Crippen molar-refractivity contribution in [2.24, 2.45) is 5.92 Å². The number of rotatable bonds is 6. The van der Waals surface area contributed by atoms with Crippen LogP contribution < -0.4 is 10.6 Å². The standard InChI is InChI=1S/C18H25N3O4.ClH/c1-3-25-18(24)14-8-10-21(11-9-14)17(23)13-4-6-15(7-5-13)20-16(22)12-19-2;/h4-7,14,19H,3,8-12H2,1-2H3,(H,20,22);1H.